The van der Waals surface area contributed by atoms with Gasteiger partial charge in [0.2, 0.25) is 0 Å². The number of hydrogen-bond donors (Lipinski definition) is 1. The molecule has 110 valence electrons. The lowest BCUT2D eigenvalue weighted by atomic mass is 10.1. The van der Waals surface area contributed by atoms with Crippen molar-refractivity contribution in [2.45, 2.75) is 6.42 Å². The van der Waals surface area contributed by atoms with E-state index < -0.39 is 0 Å². The first-order valence-electron chi connectivity index (χ1n) is 6.79. The molecule has 1 aliphatic rings. The molecule has 0 aliphatic carbocycles. The lowest BCUT2D eigenvalue weighted by molar-refractivity contribution is 0.0787. The van der Waals surface area contributed by atoms with Crippen LogP contribution in [0.15, 0.2) is 16.7 Å². The predicted molar refractivity (Wildman–Crippen MR) is 84.2 cm³/mol. The van der Waals surface area contributed by atoms with Crippen molar-refractivity contribution in [1.82, 2.24) is 15.2 Å². The Morgan fingerprint density at radius 2 is 2.35 bits per heavy atom. The minimum absolute atomic E-state index is 0.0705. The molecule has 6 heteroatoms. The number of carbonyl (C=O) groups excluding carboxylic acids is 1. The molecule has 1 unspecified atom stereocenters. The quantitative estimate of drug-likeness (QED) is 0.904. The minimum atomic E-state index is 0.0705. The van der Waals surface area contributed by atoms with Gasteiger partial charge in [0.1, 0.15) is 5.82 Å². The van der Waals surface area contributed by atoms with Crippen LogP contribution < -0.4 is 10.2 Å². The standard InChI is InChI=1S/C14H21BrN4O/c1-16-7-10-4-5-19(9-10)14(20)12-6-11(15)8-17-13(12)18(2)3/h6,8,10,16H,4-5,7,9H2,1-3H3. The molecule has 1 aliphatic heterocycles. The van der Waals surface area contributed by atoms with Crippen LogP contribution in [0, 0.1) is 5.92 Å². The molecule has 2 rings (SSSR count). The first-order chi connectivity index (χ1) is 9.52. The average molecular weight is 341 g/mol. The second-order valence-electron chi connectivity index (χ2n) is 5.38. The van der Waals surface area contributed by atoms with E-state index in [1.807, 2.05) is 37.0 Å². The van der Waals surface area contributed by atoms with Crippen molar-refractivity contribution in [1.29, 1.82) is 0 Å². The highest BCUT2D eigenvalue weighted by molar-refractivity contribution is 9.10. The fraction of sp³-hybridized carbons (Fsp3) is 0.571. The van der Waals surface area contributed by atoms with Crippen LogP contribution >= 0.6 is 15.9 Å². The Morgan fingerprint density at radius 1 is 1.60 bits per heavy atom. The Morgan fingerprint density at radius 3 is 3.00 bits per heavy atom. The largest absolute Gasteiger partial charge is 0.362 e. The van der Waals surface area contributed by atoms with Crippen LogP contribution in [0.5, 0.6) is 0 Å². The maximum atomic E-state index is 12.7. The lowest BCUT2D eigenvalue weighted by Crippen LogP contribution is -2.31. The topological polar surface area (TPSA) is 48.5 Å². The number of nitrogens with one attached hydrogen (secondary N) is 1. The SMILES string of the molecule is CNCC1CCN(C(=O)c2cc(Br)cnc2N(C)C)C1. The summed E-state index contributed by atoms with van der Waals surface area (Å²) in [4.78, 5) is 20.8. The highest BCUT2D eigenvalue weighted by atomic mass is 79.9. The van der Waals surface area contributed by atoms with E-state index in [0.29, 0.717) is 11.5 Å². The molecule has 1 atom stereocenters. The third kappa shape index (κ3) is 3.30. The Hall–Kier alpha value is -1.14. The van der Waals surface area contributed by atoms with E-state index in [1.54, 1.807) is 6.20 Å². The Bertz CT molecular complexity index is 492. The van der Waals surface area contributed by atoms with E-state index in [4.69, 9.17) is 0 Å². The van der Waals surface area contributed by atoms with E-state index in [9.17, 15) is 4.79 Å². The van der Waals surface area contributed by atoms with Crippen LogP contribution in [0.2, 0.25) is 0 Å². The molecule has 2 heterocycles. The van der Waals surface area contributed by atoms with Crippen molar-refractivity contribution in [2.75, 3.05) is 45.7 Å². The van der Waals surface area contributed by atoms with Gasteiger partial charge in [-0.25, -0.2) is 4.98 Å². The van der Waals surface area contributed by atoms with E-state index in [0.717, 1.165) is 36.3 Å². The van der Waals surface area contributed by atoms with Gasteiger partial charge in [-0.2, -0.15) is 0 Å². The van der Waals surface area contributed by atoms with Crippen molar-refractivity contribution < 1.29 is 4.79 Å². The summed E-state index contributed by atoms with van der Waals surface area (Å²) in [6.07, 6.45) is 2.78. The number of anilines is 1. The van der Waals surface area contributed by atoms with E-state index in [2.05, 4.69) is 26.2 Å². The van der Waals surface area contributed by atoms with E-state index in [1.165, 1.54) is 0 Å². The number of carbonyl (C=O) groups is 1. The van der Waals surface area contributed by atoms with Crippen LogP contribution in [0.3, 0.4) is 0 Å². The number of halogens is 1. The third-order valence-electron chi connectivity index (χ3n) is 3.55. The van der Waals surface area contributed by atoms with Crippen molar-refractivity contribution in [3.8, 4) is 0 Å². The Labute approximate surface area is 128 Å². The minimum Gasteiger partial charge on any atom is -0.362 e. The molecule has 1 aromatic rings. The van der Waals surface area contributed by atoms with Gasteiger partial charge in [-0.1, -0.05) is 0 Å². The highest BCUT2D eigenvalue weighted by Gasteiger charge is 2.28. The molecule has 5 nitrogen and oxygen atoms in total. The van der Waals surface area contributed by atoms with Gasteiger partial charge in [-0.3, -0.25) is 4.79 Å². The summed E-state index contributed by atoms with van der Waals surface area (Å²) in [7, 11) is 5.76. The molecule has 0 spiro atoms. The van der Waals surface area contributed by atoms with Crippen LogP contribution in [-0.2, 0) is 0 Å². The Balaban J connectivity index is 2.19. The first-order valence-corrected chi connectivity index (χ1v) is 7.59. The molecule has 0 radical (unpaired) electrons. The number of amides is 1. The zero-order valence-electron chi connectivity index (χ0n) is 12.2. The van der Waals surface area contributed by atoms with Gasteiger partial charge < -0.3 is 15.1 Å². The molecule has 0 saturated carbocycles. The smallest absolute Gasteiger partial charge is 0.257 e. The van der Waals surface area contributed by atoms with Gasteiger partial charge in [-0.05, 0) is 47.9 Å². The van der Waals surface area contributed by atoms with E-state index in [-0.39, 0.29) is 5.91 Å². The summed E-state index contributed by atoms with van der Waals surface area (Å²) in [6.45, 7) is 2.60. The fourth-order valence-corrected chi connectivity index (χ4v) is 2.92. The highest BCUT2D eigenvalue weighted by Crippen LogP contribution is 2.24. The van der Waals surface area contributed by atoms with Gasteiger partial charge in [0, 0.05) is 37.9 Å². The second kappa shape index (κ2) is 6.54. The molecular formula is C14H21BrN4O. The first kappa shape index (κ1) is 15.3. The number of hydrogen-bond acceptors (Lipinski definition) is 4. The number of rotatable bonds is 4. The summed E-state index contributed by atoms with van der Waals surface area (Å²) in [6, 6.07) is 1.86. The van der Waals surface area contributed by atoms with Gasteiger partial charge in [0.25, 0.3) is 5.91 Å². The van der Waals surface area contributed by atoms with Crippen LogP contribution in [0.4, 0.5) is 5.82 Å². The summed E-state index contributed by atoms with van der Waals surface area (Å²) in [5.74, 6) is 1.34. The fourth-order valence-electron chi connectivity index (χ4n) is 2.59. The maximum absolute atomic E-state index is 12.7. The third-order valence-corrected chi connectivity index (χ3v) is 3.99. The number of aromatic nitrogens is 1. The second-order valence-corrected chi connectivity index (χ2v) is 6.30. The van der Waals surface area contributed by atoms with Crippen molar-refractivity contribution in [3.05, 3.63) is 22.3 Å². The van der Waals surface area contributed by atoms with Gasteiger partial charge in [0.15, 0.2) is 0 Å². The lowest BCUT2D eigenvalue weighted by Gasteiger charge is -2.21. The Kier molecular flexibility index (Phi) is 4.99. The van der Waals surface area contributed by atoms with Crippen LogP contribution in [0.25, 0.3) is 0 Å². The summed E-state index contributed by atoms with van der Waals surface area (Å²) >= 11 is 3.40. The number of likely N-dealkylation sites (tertiary alicyclic amines) is 1. The molecule has 1 amide bonds. The van der Waals surface area contributed by atoms with Crippen molar-refractivity contribution in [3.63, 3.8) is 0 Å². The molecule has 1 aromatic heterocycles. The van der Waals surface area contributed by atoms with Crippen molar-refractivity contribution >= 4 is 27.7 Å². The molecule has 1 N–H and O–H groups in total. The molecule has 1 fully saturated rings. The molecule has 1 saturated heterocycles. The summed E-state index contributed by atoms with van der Waals surface area (Å²) in [5, 5.41) is 3.18. The van der Waals surface area contributed by atoms with Gasteiger partial charge in [0.05, 0.1) is 5.56 Å². The van der Waals surface area contributed by atoms with Gasteiger partial charge >= 0.3 is 0 Å². The van der Waals surface area contributed by atoms with Crippen LogP contribution in [-0.4, -0.2) is 56.6 Å². The van der Waals surface area contributed by atoms with E-state index >= 15 is 0 Å². The molecular weight excluding hydrogens is 320 g/mol. The number of nitrogens with zero attached hydrogens (tertiary/aromatic N) is 3. The average Bonchev–Trinajstić information content (AvgIpc) is 2.86. The predicted octanol–water partition coefficient (Wildman–Crippen LogP) is 1.59. The molecule has 0 aromatic carbocycles. The zero-order chi connectivity index (χ0) is 14.7. The summed E-state index contributed by atoms with van der Waals surface area (Å²) < 4.78 is 0.831. The normalized spacial score (nSPS) is 18.4. The maximum Gasteiger partial charge on any atom is 0.257 e. The van der Waals surface area contributed by atoms with Crippen molar-refractivity contribution in [2.24, 2.45) is 5.92 Å². The van der Waals surface area contributed by atoms with Gasteiger partial charge in [-0.15, -0.1) is 0 Å². The molecule has 0 bridgehead atoms. The monoisotopic (exact) mass is 340 g/mol. The molecule has 20 heavy (non-hydrogen) atoms. The zero-order valence-corrected chi connectivity index (χ0v) is 13.8. The van der Waals surface area contributed by atoms with Crippen LogP contribution in [0.1, 0.15) is 16.8 Å². The summed E-state index contributed by atoms with van der Waals surface area (Å²) in [5.41, 5.74) is 0.662. The number of pyridine rings is 1.